The average Bonchev–Trinajstić information content (AvgIpc) is 2.68. The van der Waals surface area contributed by atoms with Gasteiger partial charge in [-0.3, -0.25) is 4.79 Å². The van der Waals surface area contributed by atoms with E-state index < -0.39 is 0 Å². The molecule has 0 aromatic rings. The smallest absolute Gasteiger partial charge is 0.248 e. The third-order valence-electron chi connectivity index (χ3n) is 3.27. The lowest BCUT2D eigenvalue weighted by molar-refractivity contribution is -0.135. The molecular formula is C12H24N2O2. The van der Waals surface area contributed by atoms with E-state index in [1.54, 1.807) is 0 Å². The van der Waals surface area contributed by atoms with Gasteiger partial charge >= 0.3 is 0 Å². The van der Waals surface area contributed by atoms with E-state index in [-0.39, 0.29) is 17.9 Å². The van der Waals surface area contributed by atoms with Crippen LogP contribution in [0.5, 0.6) is 0 Å². The number of rotatable bonds is 6. The maximum Gasteiger partial charge on any atom is 0.248 e. The molecule has 94 valence electrons. The molecule has 2 N–H and O–H groups in total. The van der Waals surface area contributed by atoms with Crippen molar-refractivity contribution in [2.45, 2.75) is 33.1 Å². The summed E-state index contributed by atoms with van der Waals surface area (Å²) in [5.41, 5.74) is 5.81. The molecule has 1 fully saturated rings. The number of unbranched alkanes of at least 4 members (excludes halogenated alkanes) is 1. The molecule has 4 nitrogen and oxygen atoms in total. The van der Waals surface area contributed by atoms with E-state index in [0.717, 1.165) is 32.4 Å². The summed E-state index contributed by atoms with van der Waals surface area (Å²) in [4.78, 5) is 13.6. The fourth-order valence-corrected chi connectivity index (χ4v) is 1.90. The van der Waals surface area contributed by atoms with Crippen LogP contribution in [-0.4, -0.2) is 43.7 Å². The Labute approximate surface area is 98.1 Å². The van der Waals surface area contributed by atoms with Gasteiger partial charge in [-0.1, -0.05) is 20.3 Å². The normalized spacial score (nSPS) is 25.1. The minimum Gasteiger partial charge on any atom is -0.372 e. The second-order valence-electron chi connectivity index (χ2n) is 4.99. The number of carbonyl (C=O) groups is 1. The molecular weight excluding hydrogens is 204 g/mol. The molecule has 0 spiro atoms. The van der Waals surface area contributed by atoms with Gasteiger partial charge in [0.15, 0.2) is 0 Å². The number of nitrogens with zero attached hydrogens (tertiary/aromatic N) is 1. The lowest BCUT2D eigenvalue weighted by Crippen LogP contribution is -2.36. The van der Waals surface area contributed by atoms with Crippen molar-refractivity contribution in [2.24, 2.45) is 11.1 Å². The highest BCUT2D eigenvalue weighted by Crippen LogP contribution is 2.28. The Morgan fingerprint density at radius 2 is 2.31 bits per heavy atom. The molecule has 0 aromatic heterocycles. The monoisotopic (exact) mass is 228 g/mol. The van der Waals surface area contributed by atoms with Crippen LogP contribution in [0, 0.1) is 5.41 Å². The maximum atomic E-state index is 11.8. The van der Waals surface area contributed by atoms with Gasteiger partial charge in [0.1, 0.15) is 6.61 Å². The first-order valence-electron chi connectivity index (χ1n) is 6.17. The number of hydrogen-bond donors (Lipinski definition) is 1. The van der Waals surface area contributed by atoms with Gasteiger partial charge in [0.2, 0.25) is 5.91 Å². The van der Waals surface area contributed by atoms with Crippen molar-refractivity contribution < 1.29 is 9.53 Å². The molecule has 1 heterocycles. The van der Waals surface area contributed by atoms with Gasteiger partial charge in [0.25, 0.3) is 0 Å². The van der Waals surface area contributed by atoms with Crippen LogP contribution in [-0.2, 0) is 9.53 Å². The number of amides is 1. The third kappa shape index (κ3) is 3.76. The topological polar surface area (TPSA) is 55.6 Å². The molecule has 0 aliphatic carbocycles. The first-order valence-corrected chi connectivity index (χ1v) is 6.17. The Kier molecular flexibility index (Phi) is 5.22. The summed E-state index contributed by atoms with van der Waals surface area (Å²) in [5, 5.41) is 0. The molecule has 1 aliphatic heterocycles. The second kappa shape index (κ2) is 6.21. The van der Waals surface area contributed by atoms with Crippen molar-refractivity contribution in [3.63, 3.8) is 0 Å². The van der Waals surface area contributed by atoms with Crippen molar-refractivity contribution in [3.8, 4) is 0 Å². The van der Waals surface area contributed by atoms with Gasteiger partial charge in [0, 0.05) is 19.7 Å². The van der Waals surface area contributed by atoms with Gasteiger partial charge < -0.3 is 15.4 Å². The van der Waals surface area contributed by atoms with Crippen LogP contribution in [0.3, 0.4) is 0 Å². The Bertz CT molecular complexity index is 233. The molecule has 1 amide bonds. The summed E-state index contributed by atoms with van der Waals surface area (Å²) >= 11 is 0. The largest absolute Gasteiger partial charge is 0.372 e. The van der Waals surface area contributed by atoms with Crippen molar-refractivity contribution in [2.75, 3.05) is 32.8 Å². The predicted octanol–water partition coefficient (Wildman–Crippen LogP) is 1.00. The van der Waals surface area contributed by atoms with Crippen LogP contribution in [0.4, 0.5) is 0 Å². The van der Waals surface area contributed by atoms with E-state index >= 15 is 0 Å². The minimum absolute atomic E-state index is 0.105. The molecule has 16 heavy (non-hydrogen) atoms. The summed E-state index contributed by atoms with van der Waals surface area (Å²) in [6.45, 7) is 7.40. The zero-order valence-electron chi connectivity index (χ0n) is 10.5. The molecule has 1 aliphatic rings. The number of likely N-dealkylation sites (tertiary alicyclic amines) is 1. The maximum absolute atomic E-state index is 11.8. The standard InChI is InChI=1S/C12H24N2O2/c1-3-4-7-16-8-11(15)14-6-5-12(2,9-13)10-14/h3-10,13H2,1-2H3. The fraction of sp³-hybridized carbons (Fsp3) is 0.917. The third-order valence-corrected chi connectivity index (χ3v) is 3.27. The Balaban J connectivity index is 2.23. The highest BCUT2D eigenvalue weighted by atomic mass is 16.5. The van der Waals surface area contributed by atoms with E-state index in [1.807, 2.05) is 4.90 Å². The fourth-order valence-electron chi connectivity index (χ4n) is 1.90. The average molecular weight is 228 g/mol. The van der Waals surface area contributed by atoms with Crippen LogP contribution >= 0.6 is 0 Å². The van der Waals surface area contributed by atoms with Crippen LogP contribution < -0.4 is 5.73 Å². The van der Waals surface area contributed by atoms with Gasteiger partial charge in [-0.25, -0.2) is 0 Å². The molecule has 0 bridgehead atoms. The highest BCUT2D eigenvalue weighted by Gasteiger charge is 2.34. The van der Waals surface area contributed by atoms with E-state index in [0.29, 0.717) is 13.2 Å². The van der Waals surface area contributed by atoms with Crippen molar-refractivity contribution in [1.82, 2.24) is 4.90 Å². The number of ether oxygens (including phenoxy) is 1. The van der Waals surface area contributed by atoms with Crippen LogP contribution in [0.1, 0.15) is 33.1 Å². The number of nitrogens with two attached hydrogens (primary N) is 1. The Hall–Kier alpha value is -0.610. The van der Waals surface area contributed by atoms with Crippen LogP contribution in [0.2, 0.25) is 0 Å². The van der Waals surface area contributed by atoms with E-state index in [1.165, 1.54) is 0 Å². The highest BCUT2D eigenvalue weighted by molar-refractivity contribution is 5.77. The molecule has 1 rings (SSSR count). The molecule has 0 aromatic carbocycles. The second-order valence-corrected chi connectivity index (χ2v) is 4.99. The predicted molar refractivity (Wildman–Crippen MR) is 64.1 cm³/mol. The summed E-state index contributed by atoms with van der Waals surface area (Å²) < 4.78 is 5.33. The summed E-state index contributed by atoms with van der Waals surface area (Å²) in [5.74, 6) is 0.105. The molecule has 1 saturated heterocycles. The SMILES string of the molecule is CCCCOCC(=O)N1CCC(C)(CN)C1. The Morgan fingerprint density at radius 1 is 1.56 bits per heavy atom. The van der Waals surface area contributed by atoms with Crippen molar-refractivity contribution >= 4 is 5.91 Å². The summed E-state index contributed by atoms with van der Waals surface area (Å²) in [6, 6.07) is 0. The van der Waals surface area contributed by atoms with E-state index in [9.17, 15) is 4.79 Å². The van der Waals surface area contributed by atoms with Gasteiger partial charge in [-0.2, -0.15) is 0 Å². The number of hydrogen-bond acceptors (Lipinski definition) is 3. The van der Waals surface area contributed by atoms with Crippen molar-refractivity contribution in [3.05, 3.63) is 0 Å². The van der Waals surface area contributed by atoms with Gasteiger partial charge in [-0.15, -0.1) is 0 Å². The number of carbonyl (C=O) groups excluding carboxylic acids is 1. The van der Waals surface area contributed by atoms with Gasteiger partial charge in [-0.05, 0) is 24.8 Å². The Morgan fingerprint density at radius 3 is 2.88 bits per heavy atom. The molecule has 0 saturated carbocycles. The molecule has 4 heteroatoms. The molecule has 0 radical (unpaired) electrons. The van der Waals surface area contributed by atoms with Gasteiger partial charge in [0.05, 0.1) is 0 Å². The van der Waals surface area contributed by atoms with E-state index in [2.05, 4.69) is 13.8 Å². The first kappa shape index (κ1) is 13.5. The van der Waals surface area contributed by atoms with E-state index in [4.69, 9.17) is 10.5 Å². The lowest BCUT2D eigenvalue weighted by atomic mass is 9.90. The minimum atomic E-state index is 0.105. The van der Waals surface area contributed by atoms with Crippen LogP contribution in [0.25, 0.3) is 0 Å². The van der Waals surface area contributed by atoms with Crippen molar-refractivity contribution in [1.29, 1.82) is 0 Å². The molecule has 1 unspecified atom stereocenters. The summed E-state index contributed by atoms with van der Waals surface area (Å²) in [6.07, 6.45) is 3.13. The molecule has 1 atom stereocenters. The zero-order valence-corrected chi connectivity index (χ0v) is 10.5. The lowest BCUT2D eigenvalue weighted by Gasteiger charge is -2.22. The summed E-state index contributed by atoms with van der Waals surface area (Å²) in [7, 11) is 0. The van der Waals surface area contributed by atoms with Crippen LogP contribution in [0.15, 0.2) is 0 Å². The quantitative estimate of drug-likeness (QED) is 0.690. The zero-order chi connectivity index (χ0) is 12.0. The first-order chi connectivity index (χ1) is 7.61.